The number of carboxylic acids is 1. The van der Waals surface area contributed by atoms with Gasteiger partial charge in [0, 0.05) is 17.4 Å². The number of carbonyl (C=O) groups is 2. The maximum Gasteiger partial charge on any atom is 0.354 e. The highest BCUT2D eigenvalue weighted by atomic mass is 16.5. The molecule has 1 aromatic heterocycles. The second-order valence-corrected chi connectivity index (χ2v) is 6.28. The summed E-state index contributed by atoms with van der Waals surface area (Å²) < 4.78 is 5.58. The largest absolute Gasteiger partial charge is 0.491 e. The number of fused-ring (bicyclic) bond motifs is 1. The van der Waals surface area contributed by atoms with Crippen molar-refractivity contribution < 1.29 is 19.4 Å². The summed E-state index contributed by atoms with van der Waals surface area (Å²) in [7, 11) is 0. The Kier molecular flexibility index (Phi) is 4.98. The van der Waals surface area contributed by atoms with Gasteiger partial charge in [0.15, 0.2) is 5.78 Å². The summed E-state index contributed by atoms with van der Waals surface area (Å²) in [6.45, 7) is 3.88. The van der Waals surface area contributed by atoms with E-state index in [1.807, 2.05) is 26.0 Å². The molecule has 0 atom stereocenters. The normalized spacial score (nSPS) is 10.9. The van der Waals surface area contributed by atoms with Gasteiger partial charge in [0.05, 0.1) is 11.6 Å². The first-order valence-corrected chi connectivity index (χ1v) is 8.36. The number of hydrogen-bond donors (Lipinski definition) is 1. The van der Waals surface area contributed by atoms with Gasteiger partial charge < -0.3 is 9.84 Å². The third-order valence-electron chi connectivity index (χ3n) is 3.92. The molecule has 5 nitrogen and oxygen atoms in total. The van der Waals surface area contributed by atoms with E-state index in [0.29, 0.717) is 16.6 Å². The van der Waals surface area contributed by atoms with Crippen LogP contribution in [-0.4, -0.2) is 27.9 Å². The van der Waals surface area contributed by atoms with Gasteiger partial charge in [0.25, 0.3) is 0 Å². The van der Waals surface area contributed by atoms with Gasteiger partial charge in [-0.3, -0.25) is 4.79 Å². The molecule has 0 spiro atoms. The van der Waals surface area contributed by atoms with Gasteiger partial charge in [-0.2, -0.15) is 0 Å². The fourth-order valence-electron chi connectivity index (χ4n) is 2.74. The highest BCUT2D eigenvalue weighted by molar-refractivity contribution is 6.00. The zero-order valence-corrected chi connectivity index (χ0v) is 14.6. The van der Waals surface area contributed by atoms with Crippen molar-refractivity contribution in [2.75, 3.05) is 0 Å². The Hall–Kier alpha value is -3.21. The van der Waals surface area contributed by atoms with E-state index >= 15 is 0 Å². The van der Waals surface area contributed by atoms with Crippen LogP contribution in [0.5, 0.6) is 5.75 Å². The van der Waals surface area contributed by atoms with Gasteiger partial charge in [-0.1, -0.05) is 24.3 Å². The van der Waals surface area contributed by atoms with Gasteiger partial charge in [0.1, 0.15) is 11.4 Å². The lowest BCUT2D eigenvalue weighted by molar-refractivity contribution is 0.0690. The van der Waals surface area contributed by atoms with Crippen LogP contribution >= 0.6 is 0 Å². The summed E-state index contributed by atoms with van der Waals surface area (Å²) >= 11 is 0. The van der Waals surface area contributed by atoms with Crippen molar-refractivity contribution in [3.05, 3.63) is 71.4 Å². The van der Waals surface area contributed by atoms with Crippen molar-refractivity contribution in [1.29, 1.82) is 0 Å². The molecule has 1 heterocycles. The fourth-order valence-corrected chi connectivity index (χ4v) is 2.74. The zero-order valence-electron chi connectivity index (χ0n) is 14.6. The van der Waals surface area contributed by atoms with E-state index in [9.17, 15) is 9.59 Å². The number of carbonyl (C=O) groups excluding carboxylic acids is 1. The maximum atomic E-state index is 12.6. The van der Waals surface area contributed by atoms with E-state index in [0.717, 1.165) is 11.1 Å². The Morgan fingerprint density at radius 2 is 1.77 bits per heavy atom. The summed E-state index contributed by atoms with van der Waals surface area (Å²) in [5.41, 5.74) is 1.79. The Balaban J connectivity index is 1.87. The number of pyridine rings is 1. The van der Waals surface area contributed by atoms with Gasteiger partial charge in [0.2, 0.25) is 0 Å². The predicted octanol–water partition coefficient (Wildman–Crippen LogP) is 4.15. The number of para-hydroxylation sites is 1. The first-order valence-electron chi connectivity index (χ1n) is 8.36. The molecule has 2 aromatic carbocycles. The van der Waals surface area contributed by atoms with Crippen LogP contribution in [0.25, 0.3) is 10.9 Å². The van der Waals surface area contributed by atoms with Gasteiger partial charge in [-0.05, 0) is 49.7 Å². The lowest BCUT2D eigenvalue weighted by atomic mass is 10.0. The number of ether oxygens (including phenoxy) is 1. The number of Topliss-reactive ketones (excluding diaryl/α,β-unsaturated/α-hetero) is 1. The van der Waals surface area contributed by atoms with Gasteiger partial charge in [-0.15, -0.1) is 0 Å². The van der Waals surface area contributed by atoms with Gasteiger partial charge in [-0.25, -0.2) is 9.78 Å². The summed E-state index contributed by atoms with van der Waals surface area (Å²) in [4.78, 5) is 28.0. The van der Waals surface area contributed by atoms with Crippen LogP contribution < -0.4 is 4.74 Å². The van der Waals surface area contributed by atoms with E-state index in [1.54, 1.807) is 36.4 Å². The average Bonchev–Trinajstić information content (AvgIpc) is 2.61. The number of hydrogen-bond acceptors (Lipinski definition) is 4. The molecular weight excluding hydrogens is 330 g/mol. The van der Waals surface area contributed by atoms with Crippen molar-refractivity contribution in [3.8, 4) is 5.75 Å². The quantitative estimate of drug-likeness (QED) is 0.677. The monoisotopic (exact) mass is 349 g/mol. The Morgan fingerprint density at radius 1 is 1.04 bits per heavy atom. The number of benzene rings is 2. The molecule has 0 aliphatic rings. The smallest absolute Gasteiger partial charge is 0.354 e. The molecule has 5 heteroatoms. The van der Waals surface area contributed by atoms with Crippen LogP contribution in [0.4, 0.5) is 0 Å². The predicted molar refractivity (Wildman–Crippen MR) is 98.9 cm³/mol. The Bertz CT molecular complexity index is 961. The molecule has 3 aromatic rings. The number of nitrogens with zero attached hydrogens (tertiary/aromatic N) is 1. The van der Waals surface area contributed by atoms with Crippen molar-refractivity contribution >= 4 is 22.7 Å². The van der Waals surface area contributed by atoms with Crippen LogP contribution in [-0.2, 0) is 6.42 Å². The minimum atomic E-state index is -1.09. The number of aromatic nitrogens is 1. The highest BCUT2D eigenvalue weighted by Gasteiger charge is 2.13. The molecule has 26 heavy (non-hydrogen) atoms. The van der Waals surface area contributed by atoms with E-state index in [4.69, 9.17) is 9.84 Å². The molecule has 0 saturated carbocycles. The summed E-state index contributed by atoms with van der Waals surface area (Å²) in [6.07, 6.45) is 0.222. The molecule has 0 aliphatic heterocycles. The minimum absolute atomic E-state index is 0.0346. The van der Waals surface area contributed by atoms with Crippen molar-refractivity contribution in [2.45, 2.75) is 26.4 Å². The second kappa shape index (κ2) is 7.35. The van der Waals surface area contributed by atoms with E-state index in [1.165, 1.54) is 6.07 Å². The van der Waals surface area contributed by atoms with E-state index < -0.39 is 5.97 Å². The first kappa shape index (κ1) is 17.6. The van der Waals surface area contributed by atoms with Crippen LogP contribution in [0.2, 0.25) is 0 Å². The molecule has 0 radical (unpaired) electrons. The van der Waals surface area contributed by atoms with E-state index in [-0.39, 0.29) is 24.0 Å². The third kappa shape index (κ3) is 3.88. The summed E-state index contributed by atoms with van der Waals surface area (Å²) in [5.74, 6) is -0.431. The SMILES string of the molecule is CC(C)Oc1ccc(C(=O)Cc2cccc3ccc(C(=O)O)nc23)cc1. The molecule has 1 N–H and O–H groups in total. The van der Waals surface area contributed by atoms with Crippen LogP contribution in [0.3, 0.4) is 0 Å². The summed E-state index contributed by atoms with van der Waals surface area (Å²) in [5, 5.41) is 9.95. The fraction of sp³-hybridized carbons (Fsp3) is 0.190. The Labute approximate surface area is 151 Å². The molecule has 0 saturated heterocycles. The Morgan fingerprint density at radius 3 is 2.42 bits per heavy atom. The minimum Gasteiger partial charge on any atom is -0.491 e. The lowest BCUT2D eigenvalue weighted by Crippen LogP contribution is -2.07. The molecule has 132 valence electrons. The molecule has 3 rings (SSSR count). The second-order valence-electron chi connectivity index (χ2n) is 6.28. The molecular formula is C21H19NO4. The molecule has 0 amide bonds. The third-order valence-corrected chi connectivity index (χ3v) is 3.92. The average molecular weight is 349 g/mol. The molecule has 0 unspecified atom stereocenters. The maximum absolute atomic E-state index is 12.6. The molecule has 0 aliphatic carbocycles. The number of carboxylic acid groups (broad SMARTS) is 1. The van der Waals surface area contributed by atoms with Gasteiger partial charge >= 0.3 is 5.97 Å². The highest BCUT2D eigenvalue weighted by Crippen LogP contribution is 2.20. The summed E-state index contributed by atoms with van der Waals surface area (Å²) in [6, 6.07) is 15.7. The standard InChI is InChI=1S/C21H19NO4/c1-13(2)26-17-9-6-14(7-10-17)19(23)12-16-5-3-4-15-8-11-18(21(24)25)22-20(15)16/h3-11,13H,12H2,1-2H3,(H,24,25). The number of aromatic carboxylic acids is 1. The van der Waals surface area contributed by atoms with E-state index in [2.05, 4.69) is 4.98 Å². The number of ketones is 1. The van der Waals surface area contributed by atoms with Crippen molar-refractivity contribution in [3.63, 3.8) is 0 Å². The van der Waals surface area contributed by atoms with Crippen LogP contribution in [0.15, 0.2) is 54.6 Å². The topological polar surface area (TPSA) is 76.5 Å². The zero-order chi connectivity index (χ0) is 18.7. The molecule has 0 bridgehead atoms. The van der Waals surface area contributed by atoms with Crippen LogP contribution in [0.1, 0.15) is 40.3 Å². The van der Waals surface area contributed by atoms with Crippen LogP contribution in [0, 0.1) is 0 Å². The molecule has 0 fully saturated rings. The van der Waals surface area contributed by atoms with Crippen molar-refractivity contribution in [2.24, 2.45) is 0 Å². The first-order chi connectivity index (χ1) is 12.4. The number of rotatable bonds is 6. The van der Waals surface area contributed by atoms with Crippen molar-refractivity contribution in [1.82, 2.24) is 4.98 Å². The lowest BCUT2D eigenvalue weighted by Gasteiger charge is -2.10.